The van der Waals surface area contributed by atoms with Crippen molar-refractivity contribution >= 4 is 22.9 Å². The maximum atomic E-state index is 12.7. The van der Waals surface area contributed by atoms with Gasteiger partial charge in [-0.25, -0.2) is 4.68 Å². The summed E-state index contributed by atoms with van der Waals surface area (Å²) in [7, 11) is 0. The molecule has 1 atom stereocenters. The van der Waals surface area contributed by atoms with Gasteiger partial charge in [-0.15, -0.1) is 11.3 Å². The maximum Gasteiger partial charge on any atom is 0.290 e. The van der Waals surface area contributed by atoms with Gasteiger partial charge in [-0.1, -0.05) is 6.92 Å². The largest absolute Gasteiger partial charge is 0.394 e. The summed E-state index contributed by atoms with van der Waals surface area (Å²) in [5.74, 6) is -0.0555. The fraction of sp³-hybridized carbons (Fsp3) is 0.500. The molecular formula is C18H24N4O2S. The van der Waals surface area contributed by atoms with E-state index >= 15 is 0 Å². The molecule has 2 aromatic heterocycles. The van der Waals surface area contributed by atoms with Gasteiger partial charge in [0.05, 0.1) is 4.88 Å². The van der Waals surface area contributed by atoms with Crippen molar-refractivity contribution in [3.05, 3.63) is 33.4 Å². The number of nitrogen functional groups attached to an aromatic ring is 1. The first kappa shape index (κ1) is 17.7. The Hall–Kier alpha value is -2.15. The first-order valence-electron chi connectivity index (χ1n) is 8.73. The molecule has 134 valence electrons. The van der Waals surface area contributed by atoms with Crippen LogP contribution in [0.15, 0.2) is 23.0 Å². The molecule has 0 bridgehead atoms. The molecule has 6 nitrogen and oxygen atoms in total. The number of piperidine rings is 1. The summed E-state index contributed by atoms with van der Waals surface area (Å²) in [6.45, 7) is 4.81. The van der Waals surface area contributed by atoms with E-state index in [1.165, 1.54) is 4.68 Å². The Morgan fingerprint density at radius 2 is 2.20 bits per heavy atom. The smallest absolute Gasteiger partial charge is 0.290 e. The Morgan fingerprint density at radius 3 is 2.88 bits per heavy atom. The van der Waals surface area contributed by atoms with Crippen molar-refractivity contribution in [1.82, 2.24) is 14.7 Å². The lowest BCUT2D eigenvalue weighted by Crippen LogP contribution is -2.46. The molecule has 0 aliphatic carbocycles. The van der Waals surface area contributed by atoms with Crippen LogP contribution in [0.25, 0.3) is 10.6 Å². The lowest BCUT2D eigenvalue weighted by atomic mass is 10.00. The molecule has 2 aromatic rings. The Labute approximate surface area is 151 Å². The van der Waals surface area contributed by atoms with Crippen molar-refractivity contribution in [3.63, 3.8) is 0 Å². The van der Waals surface area contributed by atoms with Crippen molar-refractivity contribution in [3.8, 4) is 10.6 Å². The zero-order valence-electron chi connectivity index (χ0n) is 14.7. The van der Waals surface area contributed by atoms with Crippen LogP contribution < -0.4 is 11.3 Å². The maximum absolute atomic E-state index is 12.7. The SMILES string of the molecule is CCC1CCCCN1C(=O)Cn1nc(-c2ccc(C)s2)cc(N)c1=O. The second-order valence-corrected chi connectivity index (χ2v) is 7.79. The molecule has 0 spiro atoms. The van der Waals surface area contributed by atoms with Gasteiger partial charge in [0.25, 0.3) is 5.56 Å². The third kappa shape index (κ3) is 3.76. The van der Waals surface area contributed by atoms with Crippen molar-refractivity contribution in [2.75, 3.05) is 12.3 Å². The number of aryl methyl sites for hydroxylation is 1. The van der Waals surface area contributed by atoms with Crippen molar-refractivity contribution in [1.29, 1.82) is 0 Å². The highest BCUT2D eigenvalue weighted by molar-refractivity contribution is 7.15. The normalized spacial score (nSPS) is 17.7. The highest BCUT2D eigenvalue weighted by Gasteiger charge is 2.26. The average molecular weight is 360 g/mol. The monoisotopic (exact) mass is 360 g/mol. The summed E-state index contributed by atoms with van der Waals surface area (Å²) < 4.78 is 1.21. The summed E-state index contributed by atoms with van der Waals surface area (Å²) in [6, 6.07) is 5.80. The number of thiophene rings is 1. The summed E-state index contributed by atoms with van der Waals surface area (Å²) in [6.07, 6.45) is 4.13. The van der Waals surface area contributed by atoms with E-state index < -0.39 is 5.56 Å². The number of hydrogen-bond donors (Lipinski definition) is 1. The summed E-state index contributed by atoms with van der Waals surface area (Å²) in [4.78, 5) is 29.1. The van der Waals surface area contributed by atoms with E-state index in [9.17, 15) is 9.59 Å². The molecule has 1 aliphatic rings. The molecule has 1 amide bonds. The molecule has 1 unspecified atom stereocenters. The van der Waals surface area contributed by atoms with Crippen LogP contribution in [0.2, 0.25) is 0 Å². The van der Waals surface area contributed by atoms with Gasteiger partial charge in [-0.2, -0.15) is 5.10 Å². The molecule has 1 aliphatic heterocycles. The molecule has 3 heterocycles. The molecule has 25 heavy (non-hydrogen) atoms. The van der Waals surface area contributed by atoms with Gasteiger partial charge in [0.2, 0.25) is 5.91 Å². The van der Waals surface area contributed by atoms with Crippen LogP contribution in [0.4, 0.5) is 5.69 Å². The van der Waals surface area contributed by atoms with Crippen molar-refractivity contribution in [2.24, 2.45) is 0 Å². The number of hydrogen-bond acceptors (Lipinski definition) is 5. The lowest BCUT2D eigenvalue weighted by Gasteiger charge is -2.35. The quantitative estimate of drug-likeness (QED) is 0.909. The zero-order valence-corrected chi connectivity index (χ0v) is 15.5. The molecule has 0 radical (unpaired) electrons. The van der Waals surface area contributed by atoms with Crippen LogP contribution in [0.5, 0.6) is 0 Å². The highest BCUT2D eigenvalue weighted by Crippen LogP contribution is 2.26. The van der Waals surface area contributed by atoms with Gasteiger partial charge in [-0.3, -0.25) is 9.59 Å². The predicted octanol–water partition coefficient (Wildman–Crippen LogP) is 2.65. The Morgan fingerprint density at radius 1 is 1.40 bits per heavy atom. The van der Waals surface area contributed by atoms with Gasteiger partial charge < -0.3 is 10.6 Å². The third-order valence-electron chi connectivity index (χ3n) is 4.70. The van der Waals surface area contributed by atoms with Gasteiger partial charge in [-0.05, 0) is 50.8 Å². The Bertz CT molecular complexity index is 827. The molecule has 3 rings (SSSR count). The van der Waals surface area contributed by atoms with Gasteiger partial charge in [0, 0.05) is 17.5 Å². The first-order chi connectivity index (χ1) is 12.0. The minimum atomic E-state index is -0.407. The van der Waals surface area contributed by atoms with E-state index in [0.717, 1.165) is 42.0 Å². The van der Waals surface area contributed by atoms with Crippen LogP contribution >= 0.6 is 11.3 Å². The summed E-state index contributed by atoms with van der Waals surface area (Å²) in [5, 5.41) is 4.39. The average Bonchev–Trinajstić information content (AvgIpc) is 3.05. The van der Waals surface area contributed by atoms with Crippen molar-refractivity contribution in [2.45, 2.75) is 52.1 Å². The molecular weight excluding hydrogens is 336 g/mol. The van der Waals surface area contributed by atoms with Crippen LogP contribution in [-0.2, 0) is 11.3 Å². The van der Waals surface area contributed by atoms with Gasteiger partial charge in [0.15, 0.2) is 0 Å². The topological polar surface area (TPSA) is 81.2 Å². The van der Waals surface area contributed by atoms with Crippen LogP contribution in [0.3, 0.4) is 0 Å². The predicted molar refractivity (Wildman–Crippen MR) is 101 cm³/mol. The minimum Gasteiger partial charge on any atom is -0.394 e. The van der Waals surface area contributed by atoms with Crippen LogP contribution in [-0.4, -0.2) is 33.2 Å². The molecule has 0 saturated carbocycles. The molecule has 7 heteroatoms. The van der Waals surface area contributed by atoms with Crippen LogP contribution in [0.1, 0.15) is 37.5 Å². The number of anilines is 1. The third-order valence-corrected chi connectivity index (χ3v) is 5.72. The number of likely N-dealkylation sites (tertiary alicyclic amines) is 1. The molecule has 2 N–H and O–H groups in total. The first-order valence-corrected chi connectivity index (χ1v) is 9.55. The van der Waals surface area contributed by atoms with E-state index in [2.05, 4.69) is 12.0 Å². The number of carbonyl (C=O) groups is 1. The van der Waals surface area contributed by atoms with Crippen molar-refractivity contribution < 1.29 is 4.79 Å². The minimum absolute atomic E-state index is 0.0555. The van der Waals surface area contributed by atoms with E-state index in [0.29, 0.717) is 5.69 Å². The fourth-order valence-corrected chi connectivity index (χ4v) is 4.16. The number of nitrogens with zero attached hydrogens (tertiary/aromatic N) is 3. The summed E-state index contributed by atoms with van der Waals surface area (Å²) in [5.41, 5.74) is 6.23. The number of carbonyl (C=O) groups excluding carboxylic acids is 1. The van der Waals surface area contributed by atoms with E-state index in [1.807, 2.05) is 24.0 Å². The van der Waals surface area contributed by atoms with Crippen LogP contribution in [0, 0.1) is 6.92 Å². The molecule has 1 saturated heterocycles. The number of nitrogens with two attached hydrogens (primary N) is 1. The van der Waals surface area contributed by atoms with E-state index in [4.69, 9.17) is 5.73 Å². The molecule has 0 aromatic carbocycles. The second-order valence-electron chi connectivity index (χ2n) is 6.50. The van der Waals surface area contributed by atoms with E-state index in [-0.39, 0.29) is 24.2 Å². The zero-order chi connectivity index (χ0) is 18.0. The summed E-state index contributed by atoms with van der Waals surface area (Å²) >= 11 is 1.59. The number of rotatable bonds is 4. The molecule has 1 fully saturated rings. The van der Waals surface area contributed by atoms with Gasteiger partial charge >= 0.3 is 0 Å². The fourth-order valence-electron chi connectivity index (χ4n) is 3.33. The standard InChI is InChI=1S/C18H24N4O2S/c1-3-13-6-4-5-9-21(13)17(23)11-22-18(24)14(19)10-15(20-22)16-8-7-12(2)25-16/h7-8,10,13H,3-6,9,11,19H2,1-2H3. The second kappa shape index (κ2) is 7.39. The highest BCUT2D eigenvalue weighted by atomic mass is 32.1. The van der Waals surface area contributed by atoms with E-state index in [1.54, 1.807) is 17.4 Å². The lowest BCUT2D eigenvalue weighted by molar-refractivity contribution is -0.135. The number of amides is 1. The Kier molecular flexibility index (Phi) is 5.22. The Balaban J connectivity index is 1.87. The van der Waals surface area contributed by atoms with Gasteiger partial charge in [0.1, 0.15) is 17.9 Å². The number of aromatic nitrogens is 2.